The second kappa shape index (κ2) is 5.98. The van der Waals surface area contributed by atoms with Crippen molar-refractivity contribution in [2.75, 3.05) is 6.61 Å². The van der Waals surface area contributed by atoms with Crippen LogP contribution >= 0.6 is 0 Å². The molecule has 0 heterocycles. The third-order valence-electron chi connectivity index (χ3n) is 1.79. The van der Waals surface area contributed by atoms with E-state index in [-0.39, 0.29) is 11.4 Å². The van der Waals surface area contributed by atoms with Crippen LogP contribution in [0.3, 0.4) is 0 Å². The van der Waals surface area contributed by atoms with Gasteiger partial charge in [-0.15, -0.1) is 0 Å². The van der Waals surface area contributed by atoms with Crippen molar-refractivity contribution in [2.45, 2.75) is 19.8 Å². The molecule has 0 saturated heterocycles. The molecule has 1 rings (SSSR count). The average molecular weight is 211 g/mol. The van der Waals surface area contributed by atoms with E-state index >= 15 is 0 Å². The van der Waals surface area contributed by atoms with Crippen LogP contribution in [0.4, 0.5) is 5.69 Å². The van der Waals surface area contributed by atoms with Crippen LogP contribution in [0.5, 0.6) is 5.75 Å². The molecule has 5 nitrogen and oxygen atoms in total. The lowest BCUT2D eigenvalue weighted by atomic mass is 10.3. The molecule has 0 atom stereocenters. The molecule has 0 fully saturated rings. The molecule has 82 valence electrons. The number of rotatable bonds is 6. The van der Waals surface area contributed by atoms with E-state index in [9.17, 15) is 10.1 Å². The molecule has 0 N–H and O–H groups in total. The number of nitro benzene ring substituents is 1. The van der Waals surface area contributed by atoms with Crippen molar-refractivity contribution in [3.63, 3.8) is 0 Å². The van der Waals surface area contributed by atoms with Crippen LogP contribution in [0.1, 0.15) is 19.8 Å². The fraction of sp³-hybridized carbons (Fsp3) is 0.400. The SMILES string of the molecule is CCCCOOc1ccccc1[N+](=O)[O-]. The fourth-order valence-electron chi connectivity index (χ4n) is 0.987. The third-order valence-corrected chi connectivity index (χ3v) is 1.79. The predicted octanol–water partition coefficient (Wildman–Crippen LogP) is 2.71. The van der Waals surface area contributed by atoms with Gasteiger partial charge in [-0.05, 0) is 12.5 Å². The van der Waals surface area contributed by atoms with Crippen molar-refractivity contribution in [3.8, 4) is 5.75 Å². The Hall–Kier alpha value is -1.62. The fourth-order valence-corrected chi connectivity index (χ4v) is 0.987. The van der Waals surface area contributed by atoms with Gasteiger partial charge < -0.3 is 4.89 Å². The number of unbranched alkanes of at least 4 members (excludes halogenated alkanes) is 1. The first-order valence-corrected chi connectivity index (χ1v) is 4.78. The van der Waals surface area contributed by atoms with Crippen LogP contribution in [-0.2, 0) is 4.89 Å². The molecule has 0 aliphatic carbocycles. The monoisotopic (exact) mass is 211 g/mol. The minimum absolute atomic E-state index is 0.0889. The average Bonchev–Trinajstić information content (AvgIpc) is 2.25. The lowest BCUT2D eigenvalue weighted by Gasteiger charge is -2.04. The van der Waals surface area contributed by atoms with Crippen molar-refractivity contribution in [3.05, 3.63) is 34.4 Å². The van der Waals surface area contributed by atoms with E-state index < -0.39 is 4.92 Å². The summed E-state index contributed by atoms with van der Waals surface area (Å²) in [7, 11) is 0. The molecular weight excluding hydrogens is 198 g/mol. The summed E-state index contributed by atoms with van der Waals surface area (Å²) in [6.45, 7) is 2.46. The Bertz CT molecular complexity index is 327. The molecule has 1 aromatic carbocycles. The van der Waals surface area contributed by atoms with E-state index in [1.807, 2.05) is 6.92 Å². The first-order valence-electron chi connectivity index (χ1n) is 4.78. The van der Waals surface area contributed by atoms with Gasteiger partial charge in [-0.2, -0.15) is 4.89 Å². The molecule has 1 aromatic rings. The van der Waals surface area contributed by atoms with Crippen molar-refractivity contribution in [1.29, 1.82) is 0 Å². The number of nitro groups is 1. The molecule has 0 aliphatic rings. The number of nitrogens with zero attached hydrogens (tertiary/aromatic N) is 1. The van der Waals surface area contributed by atoms with Crippen molar-refractivity contribution < 1.29 is 14.7 Å². The Morgan fingerprint density at radius 3 is 2.80 bits per heavy atom. The zero-order valence-corrected chi connectivity index (χ0v) is 8.51. The Labute approximate surface area is 87.7 Å². The third kappa shape index (κ3) is 3.55. The Balaban J connectivity index is 2.56. The highest BCUT2D eigenvalue weighted by atomic mass is 17.2. The first-order chi connectivity index (χ1) is 7.25. The Morgan fingerprint density at radius 1 is 1.40 bits per heavy atom. The summed E-state index contributed by atoms with van der Waals surface area (Å²) in [6, 6.07) is 6.12. The number of hydrogen-bond donors (Lipinski definition) is 0. The summed E-state index contributed by atoms with van der Waals surface area (Å²) in [5.74, 6) is 0.138. The van der Waals surface area contributed by atoms with Gasteiger partial charge in [0.15, 0.2) is 0 Å². The van der Waals surface area contributed by atoms with Crippen LogP contribution in [-0.4, -0.2) is 11.5 Å². The van der Waals surface area contributed by atoms with Gasteiger partial charge in [-0.1, -0.05) is 25.5 Å². The van der Waals surface area contributed by atoms with Crippen LogP contribution in [0, 0.1) is 10.1 Å². The predicted molar refractivity (Wildman–Crippen MR) is 54.6 cm³/mol. The number of benzene rings is 1. The van der Waals surface area contributed by atoms with Crippen LogP contribution in [0.25, 0.3) is 0 Å². The molecule has 5 heteroatoms. The maximum atomic E-state index is 10.6. The van der Waals surface area contributed by atoms with E-state index in [0.29, 0.717) is 6.61 Å². The lowest BCUT2D eigenvalue weighted by Crippen LogP contribution is -2.01. The van der Waals surface area contributed by atoms with E-state index in [1.165, 1.54) is 12.1 Å². The number of hydrogen-bond acceptors (Lipinski definition) is 4. The van der Waals surface area contributed by atoms with Crippen molar-refractivity contribution in [1.82, 2.24) is 0 Å². The molecular formula is C10H13NO4. The highest BCUT2D eigenvalue weighted by Gasteiger charge is 2.14. The highest BCUT2D eigenvalue weighted by Crippen LogP contribution is 2.25. The van der Waals surface area contributed by atoms with E-state index in [1.54, 1.807) is 12.1 Å². The summed E-state index contributed by atoms with van der Waals surface area (Å²) in [5.41, 5.74) is -0.0889. The summed E-state index contributed by atoms with van der Waals surface area (Å²) in [4.78, 5) is 19.8. The second-order valence-electron chi connectivity index (χ2n) is 2.98. The van der Waals surface area contributed by atoms with Gasteiger partial charge in [0.25, 0.3) is 0 Å². The van der Waals surface area contributed by atoms with E-state index in [4.69, 9.17) is 9.78 Å². The minimum atomic E-state index is -0.501. The lowest BCUT2D eigenvalue weighted by molar-refractivity contribution is -0.388. The quantitative estimate of drug-likeness (QED) is 0.314. The van der Waals surface area contributed by atoms with Gasteiger partial charge in [0.1, 0.15) is 0 Å². The van der Waals surface area contributed by atoms with Crippen LogP contribution in [0.2, 0.25) is 0 Å². The smallest absolute Gasteiger partial charge is 0.315 e. The summed E-state index contributed by atoms with van der Waals surface area (Å²) >= 11 is 0. The van der Waals surface area contributed by atoms with Crippen LogP contribution in [0.15, 0.2) is 24.3 Å². The maximum Gasteiger partial charge on any atom is 0.315 e. The molecule has 0 spiro atoms. The van der Waals surface area contributed by atoms with Gasteiger partial charge in [-0.3, -0.25) is 10.1 Å². The van der Waals surface area contributed by atoms with Crippen LogP contribution < -0.4 is 4.89 Å². The largest absolute Gasteiger partial charge is 0.330 e. The van der Waals surface area contributed by atoms with Gasteiger partial charge >= 0.3 is 5.69 Å². The highest BCUT2D eigenvalue weighted by molar-refractivity contribution is 5.45. The summed E-state index contributed by atoms with van der Waals surface area (Å²) in [6.07, 6.45) is 1.85. The molecule has 0 saturated carbocycles. The topological polar surface area (TPSA) is 61.6 Å². The van der Waals surface area contributed by atoms with Crippen molar-refractivity contribution in [2.24, 2.45) is 0 Å². The van der Waals surface area contributed by atoms with Gasteiger partial charge in [0.05, 0.1) is 11.5 Å². The van der Waals surface area contributed by atoms with E-state index in [2.05, 4.69) is 0 Å². The second-order valence-corrected chi connectivity index (χ2v) is 2.98. The first kappa shape index (κ1) is 11.5. The van der Waals surface area contributed by atoms with Crippen molar-refractivity contribution >= 4 is 5.69 Å². The Morgan fingerprint density at radius 2 is 2.13 bits per heavy atom. The van der Waals surface area contributed by atoms with Gasteiger partial charge in [0, 0.05) is 6.07 Å². The number of para-hydroxylation sites is 2. The molecule has 0 bridgehead atoms. The zero-order chi connectivity index (χ0) is 11.1. The Kier molecular flexibility index (Phi) is 4.56. The zero-order valence-electron chi connectivity index (χ0n) is 8.51. The molecule has 0 radical (unpaired) electrons. The van der Waals surface area contributed by atoms with E-state index in [0.717, 1.165) is 12.8 Å². The summed E-state index contributed by atoms with van der Waals surface area (Å²) < 4.78 is 0. The molecule has 0 aliphatic heterocycles. The van der Waals surface area contributed by atoms with Gasteiger partial charge in [-0.25, -0.2) is 0 Å². The van der Waals surface area contributed by atoms with Gasteiger partial charge in [0.2, 0.25) is 5.75 Å². The normalized spacial score (nSPS) is 9.93. The maximum absolute atomic E-state index is 10.6. The molecule has 0 amide bonds. The standard InChI is InChI=1S/C10H13NO4/c1-2-3-8-14-15-10-7-5-4-6-9(10)11(12)13/h4-7H,2-3,8H2,1H3. The summed E-state index contributed by atoms with van der Waals surface area (Å²) in [5, 5.41) is 10.6. The molecule has 15 heavy (non-hydrogen) atoms. The minimum Gasteiger partial charge on any atom is -0.330 e. The molecule has 0 aromatic heterocycles. The molecule has 0 unspecified atom stereocenters.